The summed E-state index contributed by atoms with van der Waals surface area (Å²) in [5.41, 5.74) is 1.15. The minimum atomic E-state index is -0.301. The summed E-state index contributed by atoms with van der Waals surface area (Å²) in [6.45, 7) is 1.82. The predicted octanol–water partition coefficient (Wildman–Crippen LogP) is 3.16. The van der Waals surface area contributed by atoms with Gasteiger partial charge in [0.2, 0.25) is 0 Å². The molecule has 0 aliphatic heterocycles. The zero-order chi connectivity index (χ0) is 11.1. The molecule has 1 atom stereocenters. The third-order valence-corrected chi connectivity index (χ3v) is 2.97. The number of aliphatic hydroxyl groups is 1. The van der Waals surface area contributed by atoms with Gasteiger partial charge in [-0.3, -0.25) is 0 Å². The van der Waals surface area contributed by atoms with Gasteiger partial charge in [0, 0.05) is 10.9 Å². The smallest absolute Gasteiger partial charge is 0.0590 e. The number of rotatable bonds is 4. The Bertz CT molecular complexity index is 362. The van der Waals surface area contributed by atoms with Crippen molar-refractivity contribution in [2.45, 2.75) is 32.3 Å². The molecule has 15 heavy (non-hydrogen) atoms. The molecular weight excluding hydrogens is 252 g/mol. The number of aliphatic hydroxyl groups excluding tert-OH is 1. The molecule has 0 saturated heterocycles. The predicted molar refractivity (Wildman–Crippen MR) is 66.5 cm³/mol. The van der Waals surface area contributed by atoms with E-state index in [1.54, 1.807) is 0 Å². The van der Waals surface area contributed by atoms with Crippen LogP contribution in [0.5, 0.6) is 0 Å². The largest absolute Gasteiger partial charge is 0.393 e. The van der Waals surface area contributed by atoms with Crippen molar-refractivity contribution in [2.24, 2.45) is 0 Å². The van der Waals surface area contributed by atoms with Crippen molar-refractivity contribution < 1.29 is 5.11 Å². The van der Waals surface area contributed by atoms with Gasteiger partial charge in [0.05, 0.1) is 6.10 Å². The van der Waals surface area contributed by atoms with Crippen molar-refractivity contribution in [3.8, 4) is 11.8 Å². The van der Waals surface area contributed by atoms with E-state index in [9.17, 15) is 5.11 Å². The lowest BCUT2D eigenvalue weighted by atomic mass is 10.0. The molecule has 0 fully saturated rings. The van der Waals surface area contributed by atoms with Gasteiger partial charge in [-0.05, 0) is 31.4 Å². The standard InChI is InChI=1S/C13H15BrO/c1-2-3-4-8-12(15)10-11-7-5-6-9-13(11)14/h5-7,9,12,15H,4,8,10H2,1H3. The highest BCUT2D eigenvalue weighted by atomic mass is 79.9. The van der Waals surface area contributed by atoms with Crippen molar-refractivity contribution in [1.29, 1.82) is 0 Å². The Kier molecular flexibility index (Phi) is 5.45. The monoisotopic (exact) mass is 266 g/mol. The van der Waals surface area contributed by atoms with E-state index < -0.39 is 0 Å². The van der Waals surface area contributed by atoms with Crippen LogP contribution in [0.4, 0.5) is 0 Å². The van der Waals surface area contributed by atoms with E-state index in [1.807, 2.05) is 31.2 Å². The van der Waals surface area contributed by atoms with Gasteiger partial charge in [-0.1, -0.05) is 34.1 Å². The molecule has 1 rings (SSSR count). The molecule has 0 bridgehead atoms. The second-order valence-electron chi connectivity index (χ2n) is 3.41. The van der Waals surface area contributed by atoms with E-state index in [0.29, 0.717) is 6.42 Å². The first-order valence-electron chi connectivity index (χ1n) is 5.05. The van der Waals surface area contributed by atoms with Crippen LogP contribution in [0.25, 0.3) is 0 Å². The fourth-order valence-electron chi connectivity index (χ4n) is 1.38. The fourth-order valence-corrected chi connectivity index (χ4v) is 1.83. The molecule has 0 spiro atoms. The molecular formula is C13H15BrO. The molecule has 0 aliphatic carbocycles. The van der Waals surface area contributed by atoms with Crippen LogP contribution in [-0.4, -0.2) is 11.2 Å². The summed E-state index contributed by atoms with van der Waals surface area (Å²) in [6.07, 6.45) is 1.89. The first-order valence-corrected chi connectivity index (χ1v) is 5.84. The lowest BCUT2D eigenvalue weighted by Crippen LogP contribution is -2.10. The summed E-state index contributed by atoms with van der Waals surface area (Å²) in [5, 5.41) is 9.77. The van der Waals surface area contributed by atoms with Gasteiger partial charge < -0.3 is 5.11 Å². The van der Waals surface area contributed by atoms with Crippen molar-refractivity contribution in [1.82, 2.24) is 0 Å². The summed E-state index contributed by atoms with van der Waals surface area (Å²) in [6, 6.07) is 7.98. The Morgan fingerprint density at radius 2 is 2.13 bits per heavy atom. The minimum Gasteiger partial charge on any atom is -0.393 e. The maximum atomic E-state index is 9.77. The summed E-state index contributed by atoms with van der Waals surface area (Å²) in [5.74, 6) is 5.79. The average molecular weight is 267 g/mol. The molecule has 0 aliphatic rings. The maximum absolute atomic E-state index is 9.77. The van der Waals surface area contributed by atoms with Gasteiger partial charge in [-0.25, -0.2) is 0 Å². The maximum Gasteiger partial charge on any atom is 0.0590 e. The second kappa shape index (κ2) is 6.66. The lowest BCUT2D eigenvalue weighted by Gasteiger charge is -2.09. The highest BCUT2D eigenvalue weighted by Gasteiger charge is 2.06. The SMILES string of the molecule is CC#CCCC(O)Cc1ccccc1Br. The Labute approximate surface area is 99.6 Å². The van der Waals surface area contributed by atoms with Crippen molar-refractivity contribution in [3.05, 3.63) is 34.3 Å². The van der Waals surface area contributed by atoms with Crippen molar-refractivity contribution in [3.63, 3.8) is 0 Å². The van der Waals surface area contributed by atoms with Crippen LogP contribution in [0.1, 0.15) is 25.3 Å². The molecule has 0 aromatic heterocycles. The second-order valence-corrected chi connectivity index (χ2v) is 4.27. The molecule has 80 valence electrons. The molecule has 0 amide bonds. The fraction of sp³-hybridized carbons (Fsp3) is 0.385. The van der Waals surface area contributed by atoms with Crippen LogP contribution in [0, 0.1) is 11.8 Å². The highest BCUT2D eigenvalue weighted by molar-refractivity contribution is 9.10. The first-order chi connectivity index (χ1) is 7.24. The van der Waals surface area contributed by atoms with Crippen LogP contribution < -0.4 is 0 Å². The number of benzene rings is 1. The Morgan fingerprint density at radius 1 is 1.40 bits per heavy atom. The van der Waals surface area contributed by atoms with E-state index in [-0.39, 0.29) is 6.10 Å². The summed E-state index contributed by atoms with van der Waals surface area (Å²) in [7, 11) is 0. The molecule has 1 aromatic carbocycles. The van der Waals surface area contributed by atoms with Crippen molar-refractivity contribution in [2.75, 3.05) is 0 Å². The van der Waals surface area contributed by atoms with Gasteiger partial charge in [0.25, 0.3) is 0 Å². The Morgan fingerprint density at radius 3 is 2.80 bits per heavy atom. The van der Waals surface area contributed by atoms with Crippen molar-refractivity contribution >= 4 is 15.9 Å². The van der Waals surface area contributed by atoms with E-state index >= 15 is 0 Å². The molecule has 1 N–H and O–H groups in total. The van der Waals surface area contributed by atoms with Crippen LogP contribution in [0.3, 0.4) is 0 Å². The number of hydrogen-bond acceptors (Lipinski definition) is 1. The zero-order valence-corrected chi connectivity index (χ0v) is 10.4. The van der Waals surface area contributed by atoms with E-state index in [2.05, 4.69) is 27.8 Å². The Balaban J connectivity index is 2.46. The van der Waals surface area contributed by atoms with Gasteiger partial charge in [0.15, 0.2) is 0 Å². The lowest BCUT2D eigenvalue weighted by molar-refractivity contribution is 0.166. The van der Waals surface area contributed by atoms with Crippen LogP contribution >= 0.6 is 15.9 Å². The third-order valence-electron chi connectivity index (χ3n) is 2.19. The Hall–Kier alpha value is -0.780. The third kappa shape index (κ3) is 4.51. The zero-order valence-electron chi connectivity index (χ0n) is 8.83. The first kappa shape index (κ1) is 12.3. The van der Waals surface area contributed by atoms with E-state index in [0.717, 1.165) is 22.9 Å². The molecule has 0 saturated carbocycles. The van der Waals surface area contributed by atoms with Gasteiger partial charge >= 0.3 is 0 Å². The van der Waals surface area contributed by atoms with Gasteiger partial charge in [0.1, 0.15) is 0 Å². The minimum absolute atomic E-state index is 0.301. The molecule has 1 nitrogen and oxygen atoms in total. The highest BCUT2D eigenvalue weighted by Crippen LogP contribution is 2.18. The summed E-state index contributed by atoms with van der Waals surface area (Å²) < 4.78 is 1.06. The average Bonchev–Trinajstić information content (AvgIpc) is 2.22. The summed E-state index contributed by atoms with van der Waals surface area (Å²) >= 11 is 3.47. The van der Waals surface area contributed by atoms with Crippen LogP contribution in [0.2, 0.25) is 0 Å². The summed E-state index contributed by atoms with van der Waals surface area (Å²) in [4.78, 5) is 0. The quantitative estimate of drug-likeness (QED) is 0.831. The molecule has 0 heterocycles. The van der Waals surface area contributed by atoms with Crippen LogP contribution in [-0.2, 0) is 6.42 Å². The van der Waals surface area contributed by atoms with Gasteiger partial charge in [-0.15, -0.1) is 11.8 Å². The molecule has 1 unspecified atom stereocenters. The van der Waals surface area contributed by atoms with Gasteiger partial charge in [-0.2, -0.15) is 0 Å². The number of halogens is 1. The van der Waals surface area contributed by atoms with E-state index in [4.69, 9.17) is 0 Å². The normalized spacial score (nSPS) is 11.7. The topological polar surface area (TPSA) is 20.2 Å². The molecule has 1 aromatic rings. The molecule has 2 heteroatoms. The number of hydrogen-bond donors (Lipinski definition) is 1. The molecule has 0 radical (unpaired) electrons. The van der Waals surface area contributed by atoms with Crippen LogP contribution in [0.15, 0.2) is 28.7 Å². The van der Waals surface area contributed by atoms with E-state index in [1.165, 1.54) is 0 Å².